The number of aliphatic hydroxyl groups excluding tert-OH is 1. The van der Waals surface area contributed by atoms with Crippen molar-refractivity contribution < 1.29 is 9.84 Å². The molecular formula is C56H60N4O2. The van der Waals surface area contributed by atoms with Crippen molar-refractivity contribution in [2.45, 2.75) is 92.9 Å². The summed E-state index contributed by atoms with van der Waals surface area (Å²) in [5.41, 5.74) is 21.8. The van der Waals surface area contributed by atoms with Gasteiger partial charge in [0, 0.05) is 84.1 Å². The monoisotopic (exact) mass is 820 g/mol. The summed E-state index contributed by atoms with van der Waals surface area (Å²) in [7, 11) is 1.72. The number of H-pyrrole nitrogens is 1. The van der Waals surface area contributed by atoms with Gasteiger partial charge in [0.2, 0.25) is 0 Å². The highest BCUT2D eigenvalue weighted by molar-refractivity contribution is 6.00. The van der Waals surface area contributed by atoms with Crippen molar-refractivity contribution in [3.8, 4) is 39.5 Å². The van der Waals surface area contributed by atoms with Crippen molar-refractivity contribution in [3.63, 3.8) is 0 Å². The summed E-state index contributed by atoms with van der Waals surface area (Å²) in [6.07, 6.45) is 13.0. The highest BCUT2D eigenvalue weighted by Crippen LogP contribution is 2.51. The topological polar surface area (TPSA) is 67.1 Å². The number of benzene rings is 4. The first-order valence-electron chi connectivity index (χ1n) is 22.6. The number of ether oxygens (including phenoxy) is 1. The van der Waals surface area contributed by atoms with Crippen LogP contribution in [0.15, 0.2) is 109 Å². The van der Waals surface area contributed by atoms with Gasteiger partial charge in [-0.25, -0.2) is 0 Å². The van der Waals surface area contributed by atoms with Crippen molar-refractivity contribution in [1.29, 1.82) is 0 Å². The smallest absolute Gasteiger partial charge is 0.191 e. The molecule has 4 aliphatic rings. The average molecular weight is 821 g/mol. The normalized spacial score (nSPS) is 16.1. The number of dihydropyridines is 1. The van der Waals surface area contributed by atoms with E-state index < -0.39 is 0 Å². The summed E-state index contributed by atoms with van der Waals surface area (Å²) in [4.78, 5) is 3.53. The number of rotatable bonds is 5. The molecule has 6 nitrogen and oxygen atoms in total. The van der Waals surface area contributed by atoms with E-state index in [4.69, 9.17) is 4.74 Å². The lowest BCUT2D eigenvalue weighted by Crippen LogP contribution is -2.31. The van der Waals surface area contributed by atoms with Crippen molar-refractivity contribution in [2.24, 2.45) is 0 Å². The number of nitrogens with one attached hydrogen (secondary N) is 2. The number of allylic oxidation sites excluding steroid dienone is 5. The maximum atomic E-state index is 10.5. The van der Waals surface area contributed by atoms with Crippen LogP contribution in [0.5, 0.6) is 5.88 Å². The van der Waals surface area contributed by atoms with Gasteiger partial charge in [0.05, 0.1) is 24.7 Å². The summed E-state index contributed by atoms with van der Waals surface area (Å²) >= 11 is 0. The molecule has 1 aliphatic heterocycles. The van der Waals surface area contributed by atoms with Gasteiger partial charge < -0.3 is 29.3 Å². The maximum Gasteiger partial charge on any atom is 0.191 e. The lowest BCUT2D eigenvalue weighted by molar-refractivity contribution is 0.387. The van der Waals surface area contributed by atoms with Crippen molar-refractivity contribution in [1.82, 2.24) is 19.4 Å². The number of aromatic nitrogens is 3. The highest BCUT2D eigenvalue weighted by Gasteiger charge is 2.40. The van der Waals surface area contributed by atoms with Crippen LogP contribution in [0.25, 0.3) is 73.2 Å². The summed E-state index contributed by atoms with van der Waals surface area (Å²) < 4.78 is 10.5. The Morgan fingerprint density at radius 2 is 1.39 bits per heavy atom. The van der Waals surface area contributed by atoms with Gasteiger partial charge in [0.15, 0.2) is 5.88 Å². The number of hydrogen-bond acceptors (Lipinski definition) is 3. The molecule has 3 N–H and O–H groups in total. The third-order valence-corrected chi connectivity index (χ3v) is 13.6. The molecule has 0 saturated heterocycles. The molecule has 0 radical (unpaired) electrons. The van der Waals surface area contributed by atoms with E-state index in [0.29, 0.717) is 12.3 Å². The molecule has 0 fully saturated rings. The largest absolute Gasteiger partial charge is 0.510 e. The maximum absolute atomic E-state index is 10.5. The van der Waals surface area contributed by atoms with Crippen LogP contribution < -0.4 is 10.1 Å². The Bertz CT molecular complexity index is 3080. The molecule has 0 saturated carbocycles. The van der Waals surface area contributed by atoms with E-state index in [1.54, 1.807) is 7.11 Å². The molecule has 316 valence electrons. The zero-order valence-electron chi connectivity index (χ0n) is 38.3. The van der Waals surface area contributed by atoms with E-state index in [0.717, 1.165) is 35.7 Å². The number of nitrogens with zero attached hydrogens (tertiary/aromatic N) is 2. The molecule has 0 atom stereocenters. The summed E-state index contributed by atoms with van der Waals surface area (Å²) in [5.74, 6) is 1.17. The number of hydrogen-bond donors (Lipinski definition) is 3. The number of aromatic amines is 1. The van der Waals surface area contributed by atoms with Gasteiger partial charge in [-0.15, -0.1) is 0 Å². The second-order valence-electron chi connectivity index (χ2n) is 17.5. The fourth-order valence-electron chi connectivity index (χ4n) is 10.8. The van der Waals surface area contributed by atoms with Crippen molar-refractivity contribution in [3.05, 3.63) is 153 Å². The molecule has 0 unspecified atom stereocenters. The average Bonchev–Trinajstić information content (AvgIpc) is 4.05. The van der Waals surface area contributed by atoms with Crippen LogP contribution in [0, 0.1) is 6.92 Å². The molecule has 4 heterocycles. The zero-order chi connectivity index (χ0) is 43.8. The molecule has 6 heteroatoms. The van der Waals surface area contributed by atoms with Crippen LogP contribution in [0.3, 0.4) is 0 Å². The minimum absolute atomic E-state index is 0.134. The number of methoxy groups -OCH3 is 1. The molecule has 0 amide bonds. The van der Waals surface area contributed by atoms with Crippen LogP contribution in [-0.2, 0) is 17.3 Å². The molecule has 3 aromatic heterocycles. The second-order valence-corrected chi connectivity index (χ2v) is 17.5. The SMILES string of the molecule is C/C=C\c1c(C)n(-c2ccc3c(c2)-c2cc(OC)[nH]c2C3(C)C)c2ccc(-c3ccc4c(c3)c3c(n4-c4ccc5c(c4)C4=C(NCC(O)=C4)C5(C)C)CCC=C3)cc12.CC.CC. The lowest BCUT2D eigenvalue weighted by atomic mass is 9.84. The first-order valence-corrected chi connectivity index (χ1v) is 22.6. The summed E-state index contributed by atoms with van der Waals surface area (Å²) in [5, 5.41) is 16.5. The molecule has 0 spiro atoms. The molecule has 3 aliphatic carbocycles. The third kappa shape index (κ3) is 5.90. The Hall–Kier alpha value is -6.40. The zero-order valence-corrected chi connectivity index (χ0v) is 38.3. The quantitative estimate of drug-likeness (QED) is 0.162. The fourth-order valence-corrected chi connectivity index (χ4v) is 10.8. The Labute approximate surface area is 367 Å². The minimum Gasteiger partial charge on any atom is -0.510 e. The highest BCUT2D eigenvalue weighted by atomic mass is 16.5. The third-order valence-electron chi connectivity index (χ3n) is 13.6. The molecule has 4 aromatic carbocycles. The van der Waals surface area contributed by atoms with E-state index >= 15 is 0 Å². The summed E-state index contributed by atoms with van der Waals surface area (Å²) in [6, 6.07) is 30.0. The molecule has 11 rings (SSSR count). The van der Waals surface area contributed by atoms with Crippen LogP contribution in [-0.4, -0.2) is 32.9 Å². The van der Waals surface area contributed by atoms with Crippen LogP contribution in [0.4, 0.5) is 0 Å². The Morgan fingerprint density at radius 1 is 0.742 bits per heavy atom. The van der Waals surface area contributed by atoms with E-state index in [2.05, 4.69) is 164 Å². The predicted molar refractivity (Wildman–Crippen MR) is 262 cm³/mol. The van der Waals surface area contributed by atoms with Gasteiger partial charge in [0.1, 0.15) is 5.76 Å². The molecule has 7 aromatic rings. The molecular weight excluding hydrogens is 761 g/mol. The fraction of sp³-hybridized carbons (Fsp3) is 0.286. The van der Waals surface area contributed by atoms with E-state index in [1.807, 2.05) is 33.8 Å². The van der Waals surface area contributed by atoms with Gasteiger partial charge in [-0.2, -0.15) is 0 Å². The first kappa shape index (κ1) is 41.0. The Kier molecular flexibility index (Phi) is 10.0. The number of fused-ring (bicyclic) bond motifs is 9. The van der Waals surface area contributed by atoms with E-state index in [9.17, 15) is 5.11 Å². The predicted octanol–water partition coefficient (Wildman–Crippen LogP) is 14.3. The number of aliphatic hydroxyl groups is 1. The summed E-state index contributed by atoms with van der Waals surface area (Å²) in [6.45, 7) is 21.9. The van der Waals surface area contributed by atoms with Crippen molar-refractivity contribution in [2.75, 3.05) is 13.7 Å². The van der Waals surface area contributed by atoms with Gasteiger partial charge in [-0.05, 0) is 115 Å². The van der Waals surface area contributed by atoms with Crippen LogP contribution in [0.2, 0.25) is 0 Å². The Balaban J connectivity index is 0.00000119. The molecule has 62 heavy (non-hydrogen) atoms. The molecule has 0 bridgehead atoms. The second kappa shape index (κ2) is 15.2. The van der Waals surface area contributed by atoms with E-state index in [1.165, 1.54) is 94.7 Å². The van der Waals surface area contributed by atoms with E-state index in [-0.39, 0.29) is 10.8 Å². The minimum atomic E-state index is -0.150. The van der Waals surface area contributed by atoms with Crippen LogP contribution in [0.1, 0.15) is 114 Å². The Morgan fingerprint density at radius 3 is 2.08 bits per heavy atom. The lowest BCUT2D eigenvalue weighted by Gasteiger charge is -2.27. The van der Waals surface area contributed by atoms with Crippen molar-refractivity contribution >= 4 is 39.5 Å². The van der Waals surface area contributed by atoms with Gasteiger partial charge in [-0.3, -0.25) is 0 Å². The van der Waals surface area contributed by atoms with Gasteiger partial charge in [0.25, 0.3) is 0 Å². The van der Waals surface area contributed by atoms with Gasteiger partial charge in [-0.1, -0.05) is 104 Å². The standard InChI is InChI=1S/C52H48N4O2.2C2H6/c1-8-11-35-29(2)55(32-16-18-44-38(24-32)42-27-48(58-7)54-50(42)52(44,5)6)46-20-14-30(22-39(35)46)31-15-21-47-40(23-31)36-12-9-10-13-45(36)56(47)33-17-19-43-37(25-33)41-26-34(57)28-53-49(41)51(43,3)4;2*1-2/h8-9,11-12,14-27,53-54,57H,10,13,28H2,1-7H3;2*1-2H3/b11-8-;;. The van der Waals surface area contributed by atoms with Gasteiger partial charge >= 0.3 is 0 Å². The van der Waals surface area contributed by atoms with Crippen LogP contribution >= 0.6 is 0 Å². The first-order chi connectivity index (χ1) is 30.0.